The third kappa shape index (κ3) is 5.71. The Balaban J connectivity index is 0.000000426. The van der Waals surface area contributed by atoms with Crippen LogP contribution in [0.3, 0.4) is 0 Å². The number of amides is 1. The van der Waals surface area contributed by atoms with Crippen LogP contribution in [0.1, 0.15) is 52.5 Å². The number of carbonyl (C=O) groups is 3. The van der Waals surface area contributed by atoms with Crippen molar-refractivity contribution in [3.05, 3.63) is 64.2 Å². The normalized spacial score (nSPS) is 19.2. The van der Waals surface area contributed by atoms with Crippen molar-refractivity contribution >= 4 is 46.7 Å². The maximum Gasteiger partial charge on any atom is 0.490 e. The number of aliphatic carboxylic acids is 1. The van der Waals surface area contributed by atoms with E-state index in [0.717, 1.165) is 50.1 Å². The van der Waals surface area contributed by atoms with Crippen LogP contribution in [-0.2, 0) is 4.79 Å². The monoisotopic (exact) mass is 549 g/mol. The van der Waals surface area contributed by atoms with E-state index in [1.807, 2.05) is 30.4 Å². The third-order valence-electron chi connectivity index (χ3n) is 6.74. The smallest absolute Gasteiger partial charge is 0.475 e. The van der Waals surface area contributed by atoms with Crippen molar-refractivity contribution in [2.75, 3.05) is 29.9 Å². The van der Waals surface area contributed by atoms with Gasteiger partial charge in [0.1, 0.15) is 6.04 Å². The van der Waals surface area contributed by atoms with E-state index in [9.17, 15) is 22.8 Å². The zero-order valence-electron chi connectivity index (χ0n) is 20.6. The number of anilines is 2. The molecule has 0 radical (unpaired) electrons. The summed E-state index contributed by atoms with van der Waals surface area (Å²) >= 11 is 6.19. The number of hydrogen-bond acceptors (Lipinski definition) is 5. The Hall–Kier alpha value is -3.37. The molecule has 2 aliphatic heterocycles. The fourth-order valence-corrected chi connectivity index (χ4v) is 5.17. The van der Waals surface area contributed by atoms with E-state index in [4.69, 9.17) is 21.5 Å². The minimum absolute atomic E-state index is 0.0338. The lowest BCUT2D eigenvalue weighted by Gasteiger charge is -2.38. The molecule has 38 heavy (non-hydrogen) atoms. The Morgan fingerprint density at radius 2 is 1.82 bits per heavy atom. The quantitative estimate of drug-likeness (QED) is 0.512. The summed E-state index contributed by atoms with van der Waals surface area (Å²) in [5.41, 5.74) is 3.24. The van der Waals surface area contributed by atoms with Crippen LogP contribution in [0.25, 0.3) is 6.08 Å². The molecule has 0 saturated carbocycles. The molecule has 202 valence electrons. The van der Waals surface area contributed by atoms with Gasteiger partial charge in [0.2, 0.25) is 0 Å². The van der Waals surface area contributed by atoms with Gasteiger partial charge in [0.15, 0.2) is 5.78 Å². The average molecular weight is 550 g/mol. The van der Waals surface area contributed by atoms with Gasteiger partial charge in [-0.3, -0.25) is 14.5 Å². The first-order valence-electron chi connectivity index (χ1n) is 12.3. The number of carboxylic acid groups (broad SMARTS) is 1. The number of piperidine rings is 1. The Labute approximate surface area is 222 Å². The standard InChI is InChI=1S/C25H26ClN3O2.C2HF3O2/c1-2-12-28-13-10-18(11-14-28)27-20-8-6-16-7-9-21-24(30)22(16)23(20)25(31)29(21)19-5-3-4-17(26)15-19;3-2(4,5)1(6)7/h3-9,15,18,21,27H,2,10-14H2,1H3;(H,6,7). The summed E-state index contributed by atoms with van der Waals surface area (Å²) in [7, 11) is 0. The van der Waals surface area contributed by atoms with E-state index in [1.54, 1.807) is 23.1 Å². The summed E-state index contributed by atoms with van der Waals surface area (Å²) in [5, 5.41) is 11.3. The van der Waals surface area contributed by atoms with Crippen LogP contribution >= 0.6 is 11.6 Å². The molecule has 1 atom stereocenters. The molecule has 1 saturated heterocycles. The topological polar surface area (TPSA) is 90.0 Å². The SMILES string of the molecule is CCCN1CCC(Nc2ccc3c4c2C(=O)N(c2cccc(Cl)c2)C(C=C3)C4=O)CC1.O=C(O)C(F)(F)F. The van der Waals surface area contributed by atoms with Crippen molar-refractivity contribution in [1.29, 1.82) is 0 Å². The summed E-state index contributed by atoms with van der Waals surface area (Å²) in [6.45, 7) is 5.44. The summed E-state index contributed by atoms with van der Waals surface area (Å²) in [4.78, 5) is 40.0. The lowest BCUT2D eigenvalue weighted by atomic mass is 9.82. The number of benzene rings is 2. The van der Waals surface area contributed by atoms with E-state index in [-0.39, 0.29) is 11.7 Å². The Kier molecular flexibility index (Phi) is 8.13. The van der Waals surface area contributed by atoms with Crippen LogP contribution in [0, 0.1) is 0 Å². The lowest BCUT2D eigenvalue weighted by Crippen LogP contribution is -2.51. The van der Waals surface area contributed by atoms with Crippen LogP contribution in [0.2, 0.25) is 5.02 Å². The molecule has 0 spiro atoms. The highest BCUT2D eigenvalue weighted by atomic mass is 35.5. The molecule has 2 heterocycles. The van der Waals surface area contributed by atoms with Crippen molar-refractivity contribution in [3.8, 4) is 0 Å². The molecule has 1 fully saturated rings. The number of carboxylic acids is 1. The van der Waals surface area contributed by atoms with Gasteiger partial charge in [0.05, 0.1) is 5.56 Å². The number of rotatable bonds is 5. The molecule has 1 amide bonds. The maximum absolute atomic E-state index is 13.7. The summed E-state index contributed by atoms with van der Waals surface area (Å²) < 4.78 is 31.7. The van der Waals surface area contributed by atoms with Crippen molar-refractivity contribution in [2.45, 2.75) is 44.4 Å². The van der Waals surface area contributed by atoms with E-state index in [2.05, 4.69) is 17.1 Å². The number of halogens is 4. The van der Waals surface area contributed by atoms with Gasteiger partial charge >= 0.3 is 12.1 Å². The van der Waals surface area contributed by atoms with Crippen molar-refractivity contribution in [1.82, 2.24) is 4.90 Å². The predicted octanol–water partition coefficient (Wildman–Crippen LogP) is 5.50. The fourth-order valence-electron chi connectivity index (χ4n) is 4.99. The number of nitrogens with one attached hydrogen (secondary N) is 1. The number of carbonyl (C=O) groups excluding carboxylic acids is 2. The number of nitrogens with zero attached hydrogens (tertiary/aromatic N) is 2. The highest BCUT2D eigenvalue weighted by molar-refractivity contribution is 6.31. The molecule has 2 N–H and O–H groups in total. The summed E-state index contributed by atoms with van der Waals surface area (Å²) in [5.74, 6) is -2.94. The van der Waals surface area contributed by atoms with Crippen LogP contribution in [-0.4, -0.2) is 65.6 Å². The van der Waals surface area contributed by atoms with Gasteiger partial charge in [-0.1, -0.05) is 42.8 Å². The molecule has 5 rings (SSSR count). The molecule has 1 aliphatic carbocycles. The van der Waals surface area contributed by atoms with Gasteiger partial charge in [-0.2, -0.15) is 13.2 Å². The molecule has 0 aromatic heterocycles. The van der Waals surface area contributed by atoms with Gasteiger partial charge in [0, 0.05) is 41.1 Å². The molecule has 7 nitrogen and oxygen atoms in total. The highest BCUT2D eigenvalue weighted by Gasteiger charge is 2.43. The van der Waals surface area contributed by atoms with E-state index in [0.29, 0.717) is 27.9 Å². The fraction of sp³-hybridized carbons (Fsp3) is 0.370. The molecule has 11 heteroatoms. The molecular formula is C27H27ClF3N3O4. The summed E-state index contributed by atoms with van der Waals surface area (Å²) in [6, 6.07) is 10.7. The molecule has 1 unspecified atom stereocenters. The highest BCUT2D eigenvalue weighted by Crippen LogP contribution is 2.39. The van der Waals surface area contributed by atoms with E-state index < -0.39 is 18.2 Å². The number of ketones is 1. The molecule has 2 aromatic rings. The van der Waals surface area contributed by atoms with Crippen LogP contribution in [0.15, 0.2) is 42.5 Å². The zero-order chi connectivity index (χ0) is 27.6. The number of alkyl halides is 3. The van der Waals surface area contributed by atoms with Gasteiger partial charge in [-0.05, 0) is 55.6 Å². The number of Topliss-reactive ketones (excluding diaryl/α,β-unsaturated/α-hetero) is 1. The Bertz CT molecular complexity index is 1270. The first-order chi connectivity index (χ1) is 18.0. The first-order valence-corrected chi connectivity index (χ1v) is 12.7. The minimum atomic E-state index is -5.08. The number of fused-ring (bicyclic) bond motifs is 1. The molecule has 2 aromatic carbocycles. The van der Waals surface area contributed by atoms with Gasteiger partial charge in [-0.25, -0.2) is 4.79 Å². The Morgan fingerprint density at radius 3 is 2.42 bits per heavy atom. The van der Waals surface area contributed by atoms with Crippen molar-refractivity contribution in [2.24, 2.45) is 0 Å². The average Bonchev–Trinajstić information content (AvgIpc) is 2.86. The lowest BCUT2D eigenvalue weighted by molar-refractivity contribution is -0.192. The van der Waals surface area contributed by atoms with Crippen molar-refractivity contribution in [3.63, 3.8) is 0 Å². The minimum Gasteiger partial charge on any atom is -0.475 e. The zero-order valence-corrected chi connectivity index (χ0v) is 21.4. The molecule has 2 bridgehead atoms. The van der Waals surface area contributed by atoms with Gasteiger partial charge in [-0.15, -0.1) is 0 Å². The predicted molar refractivity (Wildman–Crippen MR) is 139 cm³/mol. The first kappa shape index (κ1) is 27.7. The van der Waals surface area contributed by atoms with Crippen molar-refractivity contribution < 1.29 is 32.7 Å². The number of likely N-dealkylation sites (tertiary alicyclic amines) is 1. The van der Waals surface area contributed by atoms with Crippen LogP contribution < -0.4 is 10.2 Å². The second-order valence-corrected chi connectivity index (χ2v) is 9.78. The van der Waals surface area contributed by atoms with Gasteiger partial charge in [0.25, 0.3) is 5.91 Å². The summed E-state index contributed by atoms with van der Waals surface area (Å²) in [6.07, 6.45) is 1.89. The van der Waals surface area contributed by atoms with Gasteiger partial charge < -0.3 is 15.3 Å². The second kappa shape index (κ2) is 11.2. The van der Waals surface area contributed by atoms with Crippen LogP contribution in [0.5, 0.6) is 0 Å². The van der Waals surface area contributed by atoms with Crippen LogP contribution in [0.4, 0.5) is 24.5 Å². The second-order valence-electron chi connectivity index (χ2n) is 9.34. The molecule has 3 aliphatic rings. The van der Waals surface area contributed by atoms with E-state index >= 15 is 0 Å². The molecular weight excluding hydrogens is 523 g/mol. The number of hydrogen-bond donors (Lipinski definition) is 2. The third-order valence-corrected chi connectivity index (χ3v) is 6.97. The maximum atomic E-state index is 13.7. The Morgan fingerprint density at radius 1 is 1.13 bits per heavy atom. The van der Waals surface area contributed by atoms with E-state index in [1.165, 1.54) is 0 Å². The largest absolute Gasteiger partial charge is 0.490 e.